The van der Waals surface area contributed by atoms with Crippen LogP contribution in [0.1, 0.15) is 0 Å². The predicted molar refractivity (Wildman–Crippen MR) is 117 cm³/mol. The van der Waals surface area contributed by atoms with Gasteiger partial charge in [0.05, 0.1) is 12.2 Å². The van der Waals surface area contributed by atoms with Crippen LogP contribution in [0.5, 0.6) is 0 Å². The van der Waals surface area contributed by atoms with Crippen molar-refractivity contribution in [2.45, 2.75) is 12.2 Å². The maximum Gasteiger partial charge on any atom is 0.466 e. The highest BCUT2D eigenvalue weighted by Gasteiger charge is 2.37. The minimum atomic E-state index is -4.64. The SMILES string of the molecule is C=Cn1nnc(-c2ccc(-c3ccc(N4C[C@H](C(O)CF)OC4=O)cc3F)cn2)n1.O=P(O)(O)O. The third-order valence-electron chi connectivity index (χ3n) is 4.58. The number of nitrogens with zero attached hydrogens (tertiary/aromatic N) is 6. The molecule has 2 aromatic heterocycles. The van der Waals surface area contributed by atoms with E-state index < -0.39 is 38.6 Å². The molecular weight excluding hydrogens is 493 g/mol. The molecule has 3 heterocycles. The Morgan fingerprint density at radius 2 is 2.00 bits per heavy atom. The van der Waals surface area contributed by atoms with Crippen molar-refractivity contribution in [1.82, 2.24) is 25.2 Å². The van der Waals surface area contributed by atoms with Crippen molar-refractivity contribution >= 4 is 25.8 Å². The van der Waals surface area contributed by atoms with E-state index in [2.05, 4.69) is 27.0 Å². The Morgan fingerprint density at radius 3 is 2.54 bits per heavy atom. The number of ether oxygens (including phenoxy) is 1. The maximum atomic E-state index is 14.7. The molecule has 0 spiro atoms. The zero-order valence-electron chi connectivity index (χ0n) is 17.7. The van der Waals surface area contributed by atoms with Gasteiger partial charge in [-0.1, -0.05) is 12.6 Å². The topological polar surface area (TPSA) is 184 Å². The van der Waals surface area contributed by atoms with Gasteiger partial charge in [-0.2, -0.15) is 0 Å². The van der Waals surface area contributed by atoms with E-state index in [9.17, 15) is 18.7 Å². The van der Waals surface area contributed by atoms with Gasteiger partial charge in [-0.25, -0.2) is 18.1 Å². The number of anilines is 1. The van der Waals surface area contributed by atoms with Gasteiger partial charge >= 0.3 is 13.9 Å². The number of cyclic esters (lactones) is 1. The van der Waals surface area contributed by atoms with Crippen molar-refractivity contribution in [3.63, 3.8) is 0 Å². The highest BCUT2D eigenvalue weighted by atomic mass is 31.2. The molecule has 3 aromatic rings. The first-order valence-corrected chi connectivity index (χ1v) is 11.3. The average Bonchev–Trinajstić information content (AvgIpc) is 3.44. The highest BCUT2D eigenvalue weighted by molar-refractivity contribution is 7.45. The number of hydrogen-bond donors (Lipinski definition) is 4. The molecule has 35 heavy (non-hydrogen) atoms. The fourth-order valence-corrected chi connectivity index (χ4v) is 2.99. The Balaban J connectivity index is 0.000000623. The Hall–Kier alpha value is -3.62. The van der Waals surface area contributed by atoms with Gasteiger partial charge < -0.3 is 24.5 Å². The van der Waals surface area contributed by atoms with Gasteiger partial charge in [0.15, 0.2) is 6.10 Å². The summed E-state index contributed by atoms with van der Waals surface area (Å²) in [6, 6.07) is 7.50. The Bertz CT molecular complexity index is 1240. The van der Waals surface area contributed by atoms with Crippen molar-refractivity contribution < 1.29 is 42.7 Å². The number of phosphoric acid groups is 1. The van der Waals surface area contributed by atoms with Crippen molar-refractivity contribution in [3.05, 3.63) is 48.9 Å². The molecule has 1 amide bonds. The number of rotatable bonds is 6. The molecule has 0 radical (unpaired) electrons. The minimum absolute atomic E-state index is 0.0721. The first-order chi connectivity index (χ1) is 16.5. The van der Waals surface area contributed by atoms with E-state index in [1.54, 1.807) is 12.1 Å². The summed E-state index contributed by atoms with van der Waals surface area (Å²) >= 11 is 0. The molecule has 1 unspecified atom stereocenters. The molecule has 0 bridgehead atoms. The summed E-state index contributed by atoms with van der Waals surface area (Å²) in [6.45, 7) is 2.42. The first-order valence-electron chi connectivity index (χ1n) is 9.69. The Labute approximate surface area is 196 Å². The van der Waals surface area contributed by atoms with Crippen LogP contribution in [0.25, 0.3) is 28.8 Å². The van der Waals surface area contributed by atoms with Crippen LogP contribution in [0.15, 0.2) is 43.1 Å². The second-order valence-corrected chi connectivity index (χ2v) is 8.01. The molecule has 1 fully saturated rings. The molecule has 16 heteroatoms. The summed E-state index contributed by atoms with van der Waals surface area (Å²) in [5.41, 5.74) is 1.48. The van der Waals surface area contributed by atoms with E-state index in [0.717, 1.165) is 4.90 Å². The monoisotopic (exact) mass is 512 g/mol. The van der Waals surface area contributed by atoms with E-state index in [0.29, 0.717) is 17.1 Å². The number of tetrazole rings is 1. The summed E-state index contributed by atoms with van der Waals surface area (Å²) < 4.78 is 41.2. The van der Waals surface area contributed by atoms with Crippen LogP contribution in [-0.4, -0.2) is 76.5 Å². The molecule has 13 nitrogen and oxygen atoms in total. The molecule has 1 aliphatic rings. The van der Waals surface area contributed by atoms with Crippen molar-refractivity contribution in [2.24, 2.45) is 0 Å². The summed E-state index contributed by atoms with van der Waals surface area (Å²) in [5.74, 6) is -0.282. The third kappa shape index (κ3) is 6.71. The van der Waals surface area contributed by atoms with E-state index in [4.69, 9.17) is 24.0 Å². The Morgan fingerprint density at radius 1 is 1.29 bits per heavy atom. The number of aromatic nitrogens is 5. The fraction of sp³-hybridized carbons (Fsp3) is 0.211. The number of halogens is 2. The van der Waals surface area contributed by atoms with Crippen molar-refractivity contribution in [2.75, 3.05) is 18.1 Å². The molecule has 186 valence electrons. The lowest BCUT2D eigenvalue weighted by Gasteiger charge is -2.15. The van der Waals surface area contributed by atoms with E-state index in [-0.39, 0.29) is 17.8 Å². The second-order valence-electron chi connectivity index (χ2n) is 6.98. The van der Waals surface area contributed by atoms with Gasteiger partial charge in [0.2, 0.25) is 5.82 Å². The number of carbonyl (C=O) groups excluding carboxylic acids is 1. The number of benzene rings is 1. The van der Waals surface area contributed by atoms with Crippen LogP contribution < -0.4 is 4.90 Å². The molecule has 4 rings (SSSR count). The van der Waals surface area contributed by atoms with E-state index in [1.807, 2.05) is 0 Å². The fourth-order valence-electron chi connectivity index (χ4n) is 2.99. The molecular formula is C19H19F2N6O7P. The van der Waals surface area contributed by atoms with E-state index >= 15 is 0 Å². The summed E-state index contributed by atoms with van der Waals surface area (Å²) in [7, 11) is -4.64. The number of amides is 1. The molecule has 0 saturated carbocycles. The van der Waals surface area contributed by atoms with Gasteiger partial charge in [-0.15, -0.1) is 15.0 Å². The van der Waals surface area contributed by atoms with Crippen LogP contribution in [0.3, 0.4) is 0 Å². The van der Waals surface area contributed by atoms with Crippen LogP contribution in [0.2, 0.25) is 0 Å². The summed E-state index contributed by atoms with van der Waals surface area (Å²) in [6.07, 6.45) is -0.339. The van der Waals surface area contributed by atoms with Gasteiger partial charge in [0.25, 0.3) is 0 Å². The van der Waals surface area contributed by atoms with Crippen LogP contribution >= 0.6 is 7.82 Å². The molecule has 1 aromatic carbocycles. The van der Waals surface area contributed by atoms with Crippen LogP contribution in [-0.2, 0) is 9.30 Å². The van der Waals surface area contributed by atoms with Gasteiger partial charge in [-0.05, 0) is 29.5 Å². The third-order valence-corrected chi connectivity index (χ3v) is 4.58. The molecule has 0 aliphatic carbocycles. The number of pyridine rings is 1. The van der Waals surface area contributed by atoms with Gasteiger partial charge in [0.1, 0.15) is 24.3 Å². The predicted octanol–water partition coefficient (Wildman–Crippen LogP) is 1.37. The largest absolute Gasteiger partial charge is 0.466 e. The lowest BCUT2D eigenvalue weighted by Crippen LogP contribution is -2.32. The normalized spacial score (nSPS) is 16.3. The quantitative estimate of drug-likeness (QED) is 0.350. The zero-order chi connectivity index (χ0) is 25.8. The Kier molecular flexibility index (Phi) is 7.99. The van der Waals surface area contributed by atoms with Crippen LogP contribution in [0.4, 0.5) is 19.3 Å². The molecule has 2 atom stereocenters. The first kappa shape index (κ1) is 26.0. The lowest BCUT2D eigenvalue weighted by atomic mass is 10.1. The van der Waals surface area contributed by atoms with Crippen molar-refractivity contribution in [1.29, 1.82) is 0 Å². The number of hydrogen-bond acceptors (Lipinski definition) is 8. The van der Waals surface area contributed by atoms with Gasteiger partial charge in [0, 0.05) is 23.5 Å². The molecule has 1 saturated heterocycles. The average molecular weight is 512 g/mol. The summed E-state index contributed by atoms with van der Waals surface area (Å²) in [4.78, 5) is 40.1. The number of aliphatic hydroxyl groups is 1. The number of alkyl halides is 1. The van der Waals surface area contributed by atoms with E-state index in [1.165, 1.54) is 35.4 Å². The zero-order valence-corrected chi connectivity index (χ0v) is 18.6. The standard InChI is InChI=1S/C19H16F2N6O3.H3O4P/c1-2-27-24-18(23-25-27)15-6-3-11(9-22-15)13-5-4-12(7-14(13)21)26-10-17(16(28)8-20)30-19(26)29;1-5(2,3)4/h2-7,9,16-17,28H,1,8,10H2;(H3,1,2,3,4)/t16?,17-;/m1./s1. The molecule has 1 aliphatic heterocycles. The van der Waals surface area contributed by atoms with Gasteiger partial charge in [-0.3, -0.25) is 9.88 Å². The number of aliphatic hydroxyl groups excluding tert-OH is 1. The lowest BCUT2D eigenvalue weighted by molar-refractivity contribution is 0.0188. The smallest absolute Gasteiger partial charge is 0.441 e. The second kappa shape index (κ2) is 10.8. The highest BCUT2D eigenvalue weighted by Crippen LogP contribution is 2.30. The number of carbonyl (C=O) groups is 1. The van der Waals surface area contributed by atoms with Crippen LogP contribution in [0, 0.1) is 5.82 Å². The van der Waals surface area contributed by atoms with Crippen molar-refractivity contribution in [3.8, 4) is 22.6 Å². The summed E-state index contributed by atoms with van der Waals surface area (Å²) in [5, 5.41) is 21.2. The molecule has 4 N–H and O–H groups in total. The maximum absolute atomic E-state index is 14.7. The minimum Gasteiger partial charge on any atom is -0.441 e.